The number of nitrogens with one attached hydrogen (secondary N) is 1. The number of hydrogen-bond donors (Lipinski definition) is 1. The topological polar surface area (TPSA) is 45.2 Å². The average Bonchev–Trinajstić information content (AvgIpc) is 2.75. The zero-order valence-corrected chi connectivity index (χ0v) is 17.4. The third-order valence-corrected chi connectivity index (χ3v) is 5.86. The maximum Gasteiger partial charge on any atom is 0.224 e. The van der Waals surface area contributed by atoms with Gasteiger partial charge in [0.15, 0.2) is 0 Å². The number of hydrogen-bond acceptors (Lipinski definition) is 3. The van der Waals surface area contributed by atoms with E-state index in [-0.39, 0.29) is 12.3 Å². The molecule has 3 aromatic rings. The zero-order valence-electron chi connectivity index (χ0n) is 15.9. The van der Waals surface area contributed by atoms with Gasteiger partial charge >= 0.3 is 0 Å². The Labute approximate surface area is 180 Å². The van der Waals surface area contributed by atoms with Crippen molar-refractivity contribution in [3.63, 3.8) is 0 Å². The summed E-state index contributed by atoms with van der Waals surface area (Å²) in [6.45, 7) is 2.24. The molecule has 1 aliphatic rings. The van der Waals surface area contributed by atoms with Crippen molar-refractivity contribution >= 4 is 34.9 Å². The van der Waals surface area contributed by atoms with Crippen LogP contribution in [0.25, 0.3) is 0 Å². The first-order chi connectivity index (χ1) is 14.1. The van der Waals surface area contributed by atoms with E-state index in [1.165, 1.54) is 11.1 Å². The smallest absolute Gasteiger partial charge is 0.224 e. The van der Waals surface area contributed by atoms with E-state index in [1.54, 1.807) is 18.2 Å². The van der Waals surface area contributed by atoms with Crippen LogP contribution >= 0.6 is 23.2 Å². The monoisotopic (exact) mass is 425 g/mol. The number of benzene rings is 2. The molecule has 0 saturated heterocycles. The summed E-state index contributed by atoms with van der Waals surface area (Å²) in [5.41, 5.74) is 4.37. The number of carbonyl (C=O) groups excluding carboxylic acids is 1. The molecule has 148 valence electrons. The van der Waals surface area contributed by atoms with Gasteiger partial charge in [0.25, 0.3) is 0 Å². The van der Waals surface area contributed by atoms with Crippen LogP contribution in [-0.2, 0) is 30.7 Å². The molecule has 0 spiro atoms. The molecule has 2 aromatic carbocycles. The second kappa shape index (κ2) is 8.85. The van der Waals surface area contributed by atoms with E-state index in [0.29, 0.717) is 22.2 Å². The Morgan fingerprint density at radius 2 is 1.76 bits per heavy atom. The number of halogens is 2. The SMILES string of the molecule is O=C(Cc1c(Cl)cccc1Cl)NCc1ccc(N2CCc3ccccc3C2)nc1. The van der Waals surface area contributed by atoms with E-state index in [2.05, 4.69) is 39.5 Å². The number of pyridine rings is 1. The molecule has 0 unspecified atom stereocenters. The highest BCUT2D eigenvalue weighted by Gasteiger charge is 2.17. The molecule has 0 atom stereocenters. The molecule has 0 aliphatic carbocycles. The van der Waals surface area contributed by atoms with Gasteiger partial charge in [0.1, 0.15) is 5.82 Å². The van der Waals surface area contributed by atoms with Crippen LogP contribution in [0.2, 0.25) is 10.0 Å². The molecule has 4 rings (SSSR count). The molecule has 1 amide bonds. The van der Waals surface area contributed by atoms with Gasteiger partial charge in [-0.25, -0.2) is 4.98 Å². The van der Waals surface area contributed by atoms with Crippen molar-refractivity contribution in [2.75, 3.05) is 11.4 Å². The van der Waals surface area contributed by atoms with Crippen LogP contribution in [0.5, 0.6) is 0 Å². The van der Waals surface area contributed by atoms with Crippen molar-refractivity contribution in [1.29, 1.82) is 0 Å². The summed E-state index contributed by atoms with van der Waals surface area (Å²) < 4.78 is 0. The van der Waals surface area contributed by atoms with Crippen LogP contribution in [0.4, 0.5) is 5.82 Å². The first-order valence-electron chi connectivity index (χ1n) is 9.56. The quantitative estimate of drug-likeness (QED) is 0.637. The minimum atomic E-state index is -0.128. The van der Waals surface area contributed by atoms with Crippen LogP contribution in [0, 0.1) is 0 Å². The van der Waals surface area contributed by atoms with Gasteiger partial charge in [-0.05, 0) is 46.9 Å². The first-order valence-corrected chi connectivity index (χ1v) is 10.3. The van der Waals surface area contributed by atoms with Crippen molar-refractivity contribution in [3.8, 4) is 0 Å². The largest absolute Gasteiger partial charge is 0.352 e. The van der Waals surface area contributed by atoms with E-state index >= 15 is 0 Å². The van der Waals surface area contributed by atoms with Gasteiger partial charge in [-0.2, -0.15) is 0 Å². The summed E-state index contributed by atoms with van der Waals surface area (Å²) in [5.74, 6) is 0.828. The number of amides is 1. The van der Waals surface area contributed by atoms with Gasteiger partial charge in [-0.1, -0.05) is 59.6 Å². The molecule has 2 heterocycles. The first kappa shape index (κ1) is 19.7. The van der Waals surface area contributed by atoms with Gasteiger partial charge in [0.2, 0.25) is 5.91 Å². The van der Waals surface area contributed by atoms with E-state index < -0.39 is 0 Å². The molecule has 0 saturated carbocycles. The van der Waals surface area contributed by atoms with Crippen molar-refractivity contribution < 1.29 is 4.79 Å². The lowest BCUT2D eigenvalue weighted by Gasteiger charge is -2.29. The minimum Gasteiger partial charge on any atom is -0.352 e. The van der Waals surface area contributed by atoms with Crippen LogP contribution < -0.4 is 10.2 Å². The Balaban J connectivity index is 1.34. The molecular weight excluding hydrogens is 405 g/mol. The van der Waals surface area contributed by atoms with Gasteiger partial charge in [0, 0.05) is 35.9 Å². The summed E-state index contributed by atoms with van der Waals surface area (Å²) in [6.07, 6.45) is 3.00. The molecule has 0 bridgehead atoms. The number of rotatable bonds is 5. The van der Waals surface area contributed by atoms with Gasteiger partial charge in [0.05, 0.1) is 6.42 Å². The fourth-order valence-electron chi connectivity index (χ4n) is 3.52. The summed E-state index contributed by atoms with van der Waals surface area (Å²) in [7, 11) is 0. The third-order valence-electron chi connectivity index (χ3n) is 5.15. The summed E-state index contributed by atoms with van der Waals surface area (Å²) in [5, 5.41) is 3.91. The molecule has 0 radical (unpaired) electrons. The second-order valence-corrected chi connectivity index (χ2v) is 7.93. The summed E-state index contributed by atoms with van der Waals surface area (Å²) in [6, 6.07) is 17.8. The Morgan fingerprint density at radius 1 is 1.00 bits per heavy atom. The van der Waals surface area contributed by atoms with Gasteiger partial charge in [-0.3, -0.25) is 4.79 Å². The lowest BCUT2D eigenvalue weighted by molar-refractivity contribution is -0.120. The lowest BCUT2D eigenvalue weighted by atomic mass is 10.00. The lowest BCUT2D eigenvalue weighted by Crippen LogP contribution is -2.31. The molecule has 29 heavy (non-hydrogen) atoms. The standard InChI is InChI=1S/C23H21Cl2N3O/c24-20-6-3-7-21(25)19(20)12-23(29)27-14-16-8-9-22(26-13-16)28-11-10-17-4-1-2-5-18(17)15-28/h1-9,13H,10-12,14-15H2,(H,27,29). The highest BCUT2D eigenvalue weighted by atomic mass is 35.5. The van der Waals surface area contributed by atoms with Crippen LogP contribution in [0.15, 0.2) is 60.8 Å². The van der Waals surface area contributed by atoms with Crippen molar-refractivity contribution in [2.24, 2.45) is 0 Å². The number of anilines is 1. The van der Waals surface area contributed by atoms with Gasteiger partial charge < -0.3 is 10.2 Å². The number of fused-ring (bicyclic) bond motifs is 1. The Kier molecular flexibility index (Phi) is 6.02. The normalized spacial score (nSPS) is 13.1. The van der Waals surface area contributed by atoms with Gasteiger partial charge in [-0.15, -0.1) is 0 Å². The van der Waals surface area contributed by atoms with Crippen LogP contribution in [-0.4, -0.2) is 17.4 Å². The van der Waals surface area contributed by atoms with E-state index in [9.17, 15) is 4.79 Å². The van der Waals surface area contributed by atoms with Crippen molar-refractivity contribution in [2.45, 2.75) is 25.9 Å². The van der Waals surface area contributed by atoms with Crippen molar-refractivity contribution in [3.05, 3.63) is 93.1 Å². The van der Waals surface area contributed by atoms with E-state index in [4.69, 9.17) is 23.2 Å². The molecule has 4 nitrogen and oxygen atoms in total. The molecule has 1 aromatic heterocycles. The molecule has 1 aliphatic heterocycles. The zero-order chi connectivity index (χ0) is 20.2. The average molecular weight is 426 g/mol. The maximum atomic E-state index is 12.3. The fraction of sp³-hybridized carbons (Fsp3) is 0.217. The number of nitrogens with zero attached hydrogens (tertiary/aromatic N) is 2. The van der Waals surface area contributed by atoms with Crippen LogP contribution in [0.3, 0.4) is 0 Å². The van der Waals surface area contributed by atoms with E-state index in [1.807, 2.05) is 18.3 Å². The highest BCUT2D eigenvalue weighted by Crippen LogP contribution is 2.25. The third kappa shape index (κ3) is 4.72. The minimum absolute atomic E-state index is 0.128. The fourth-order valence-corrected chi connectivity index (χ4v) is 4.06. The van der Waals surface area contributed by atoms with E-state index in [0.717, 1.165) is 30.9 Å². The predicted molar refractivity (Wildman–Crippen MR) is 117 cm³/mol. The molecular formula is C23H21Cl2N3O. The molecule has 6 heteroatoms. The van der Waals surface area contributed by atoms with Crippen molar-refractivity contribution in [1.82, 2.24) is 10.3 Å². The Morgan fingerprint density at radius 3 is 2.48 bits per heavy atom. The molecule has 1 N–H and O–H groups in total. The highest BCUT2D eigenvalue weighted by molar-refractivity contribution is 6.36. The second-order valence-electron chi connectivity index (χ2n) is 7.12. The predicted octanol–water partition coefficient (Wildman–Crippen LogP) is 4.81. The van der Waals surface area contributed by atoms with Crippen LogP contribution in [0.1, 0.15) is 22.3 Å². The molecule has 0 fully saturated rings. The Bertz CT molecular complexity index is 1000. The summed E-state index contributed by atoms with van der Waals surface area (Å²) in [4.78, 5) is 19.1. The maximum absolute atomic E-state index is 12.3. The number of carbonyl (C=O) groups is 1. The Hall–Kier alpha value is -2.56. The number of aromatic nitrogens is 1. The summed E-state index contributed by atoms with van der Waals surface area (Å²) >= 11 is 12.3.